The molecule has 0 aromatic heterocycles. The highest BCUT2D eigenvalue weighted by Crippen LogP contribution is 2.45. The molecule has 1 amide bonds. The number of para-hydroxylation sites is 2. The van der Waals surface area contributed by atoms with Crippen LogP contribution in [0.4, 0.5) is 17.1 Å². The largest absolute Gasteiger partial charge is 0.476 e. The number of benzene rings is 3. The summed E-state index contributed by atoms with van der Waals surface area (Å²) in [6, 6.07) is 26.1. The Morgan fingerprint density at radius 3 is 2.33 bits per heavy atom. The van der Waals surface area contributed by atoms with Crippen molar-refractivity contribution in [2.24, 2.45) is 11.0 Å². The second-order valence-electron chi connectivity index (χ2n) is 9.67. The molecular formula is C30H27N3O3. The first-order chi connectivity index (χ1) is 17.6. The van der Waals surface area contributed by atoms with Gasteiger partial charge in [-0.05, 0) is 78.8 Å². The zero-order valence-corrected chi connectivity index (χ0v) is 19.9. The molecule has 2 heterocycles. The van der Waals surface area contributed by atoms with Gasteiger partial charge >= 0.3 is 5.97 Å². The fourth-order valence-corrected chi connectivity index (χ4v) is 5.85. The maximum Gasteiger partial charge on any atom is 0.357 e. The quantitative estimate of drug-likeness (QED) is 0.481. The summed E-state index contributed by atoms with van der Waals surface area (Å²) in [4.78, 5) is 27.7. The molecule has 6 nitrogen and oxygen atoms in total. The summed E-state index contributed by atoms with van der Waals surface area (Å²) in [5.74, 6) is -1.08. The molecule has 6 heteroatoms. The van der Waals surface area contributed by atoms with Crippen molar-refractivity contribution in [2.45, 2.75) is 38.1 Å². The fourth-order valence-electron chi connectivity index (χ4n) is 5.85. The van der Waals surface area contributed by atoms with Gasteiger partial charge in [0.1, 0.15) is 0 Å². The van der Waals surface area contributed by atoms with E-state index in [4.69, 9.17) is 0 Å². The molecule has 180 valence electrons. The van der Waals surface area contributed by atoms with E-state index in [1.165, 1.54) is 42.6 Å². The van der Waals surface area contributed by atoms with Crippen LogP contribution in [-0.2, 0) is 16.0 Å². The van der Waals surface area contributed by atoms with Gasteiger partial charge in [0, 0.05) is 17.4 Å². The Hall–Kier alpha value is -4.19. The fraction of sp³-hybridized carbons (Fsp3) is 0.233. The van der Waals surface area contributed by atoms with Crippen LogP contribution in [-0.4, -0.2) is 28.7 Å². The summed E-state index contributed by atoms with van der Waals surface area (Å²) >= 11 is 0. The Morgan fingerprint density at radius 1 is 0.917 bits per heavy atom. The monoisotopic (exact) mass is 477 g/mol. The number of carbonyl (C=O) groups is 2. The van der Waals surface area contributed by atoms with Gasteiger partial charge in [-0.1, -0.05) is 55.3 Å². The van der Waals surface area contributed by atoms with Gasteiger partial charge in [0.15, 0.2) is 5.71 Å². The Bertz CT molecular complexity index is 1380. The molecule has 3 aliphatic rings. The minimum absolute atomic E-state index is 0.0950. The number of fused-ring (bicyclic) bond motifs is 2. The number of aliphatic carboxylic acids is 1. The van der Waals surface area contributed by atoms with Gasteiger partial charge in [0.2, 0.25) is 0 Å². The van der Waals surface area contributed by atoms with Gasteiger partial charge in [0.05, 0.1) is 11.3 Å². The number of carboxylic acid groups (broad SMARTS) is 1. The molecule has 6 rings (SSSR count). The molecule has 1 saturated carbocycles. The highest BCUT2D eigenvalue weighted by molar-refractivity contribution is 6.53. The normalized spacial score (nSPS) is 22.3. The molecule has 36 heavy (non-hydrogen) atoms. The number of rotatable bonds is 4. The van der Waals surface area contributed by atoms with Crippen molar-refractivity contribution in [2.75, 3.05) is 9.91 Å². The predicted molar refractivity (Wildman–Crippen MR) is 141 cm³/mol. The van der Waals surface area contributed by atoms with Crippen LogP contribution < -0.4 is 9.91 Å². The highest BCUT2D eigenvalue weighted by atomic mass is 16.4. The maximum absolute atomic E-state index is 13.2. The smallest absolute Gasteiger partial charge is 0.357 e. The van der Waals surface area contributed by atoms with Crippen LogP contribution in [0.15, 0.2) is 89.5 Å². The minimum atomic E-state index is -1.22. The Balaban J connectivity index is 1.39. The van der Waals surface area contributed by atoms with Crippen molar-refractivity contribution in [3.05, 3.63) is 95.6 Å². The number of hydrogen-bond donors (Lipinski definition) is 1. The average molecular weight is 478 g/mol. The van der Waals surface area contributed by atoms with E-state index in [2.05, 4.69) is 46.4 Å². The second kappa shape index (κ2) is 9.11. The van der Waals surface area contributed by atoms with Crippen LogP contribution in [0.2, 0.25) is 0 Å². The SMILES string of the molecule is O=C(O)C1=NN(c2ccccc2)C(=O)C1=Cc1ccc2c(c1)CC1CCCCC1N2c1ccccc1. The van der Waals surface area contributed by atoms with Crippen molar-refractivity contribution < 1.29 is 14.7 Å². The van der Waals surface area contributed by atoms with E-state index in [0.717, 1.165) is 17.0 Å². The Morgan fingerprint density at radius 2 is 1.61 bits per heavy atom. The van der Waals surface area contributed by atoms with Crippen molar-refractivity contribution in [1.82, 2.24) is 0 Å². The number of hydrogen-bond acceptors (Lipinski definition) is 4. The number of nitrogens with zero attached hydrogens (tertiary/aromatic N) is 3. The highest BCUT2D eigenvalue weighted by Gasteiger charge is 2.37. The van der Waals surface area contributed by atoms with Crippen LogP contribution in [0.25, 0.3) is 6.08 Å². The third-order valence-electron chi connectivity index (χ3n) is 7.47. The molecule has 1 aliphatic carbocycles. The van der Waals surface area contributed by atoms with Crippen LogP contribution in [0.1, 0.15) is 36.8 Å². The zero-order chi connectivity index (χ0) is 24.6. The molecule has 3 aromatic rings. The number of carboxylic acids is 1. The lowest BCUT2D eigenvalue weighted by Crippen LogP contribution is -2.44. The van der Waals surface area contributed by atoms with Crippen LogP contribution in [0, 0.1) is 5.92 Å². The Labute approximate surface area is 210 Å². The standard InChI is InChI=1S/C30H27N3O3/c34-29-25(28(30(35)36)31-33(29)24-12-5-2-6-13-24)18-20-15-16-27-22(17-20)19-21-9-7-8-14-26(21)32(27)23-10-3-1-4-11-23/h1-6,10-13,15-18,21,26H,7-9,14,19H2,(H,35,36). The number of anilines is 3. The summed E-state index contributed by atoms with van der Waals surface area (Å²) in [5, 5.41) is 15.1. The topological polar surface area (TPSA) is 73.2 Å². The molecule has 2 unspecified atom stereocenters. The minimum Gasteiger partial charge on any atom is -0.476 e. The van der Waals surface area contributed by atoms with E-state index >= 15 is 0 Å². The lowest BCUT2D eigenvalue weighted by molar-refractivity contribution is -0.129. The first-order valence-electron chi connectivity index (χ1n) is 12.5. The number of amides is 1. The first kappa shape index (κ1) is 22.3. The summed E-state index contributed by atoms with van der Waals surface area (Å²) in [5.41, 5.74) is 4.83. The molecule has 1 N–H and O–H groups in total. The summed E-state index contributed by atoms with van der Waals surface area (Å²) in [6.45, 7) is 0. The molecule has 0 radical (unpaired) electrons. The molecule has 2 aliphatic heterocycles. The summed E-state index contributed by atoms with van der Waals surface area (Å²) < 4.78 is 0. The van der Waals surface area contributed by atoms with Gasteiger partial charge in [-0.3, -0.25) is 4.79 Å². The molecule has 0 saturated heterocycles. The second-order valence-corrected chi connectivity index (χ2v) is 9.67. The van der Waals surface area contributed by atoms with Crippen molar-refractivity contribution in [1.29, 1.82) is 0 Å². The first-order valence-corrected chi connectivity index (χ1v) is 12.5. The molecule has 1 fully saturated rings. The van der Waals surface area contributed by atoms with E-state index in [-0.39, 0.29) is 11.3 Å². The van der Waals surface area contributed by atoms with Crippen LogP contribution in [0.5, 0.6) is 0 Å². The zero-order valence-electron chi connectivity index (χ0n) is 19.9. The summed E-state index contributed by atoms with van der Waals surface area (Å²) in [6.07, 6.45) is 7.56. The third kappa shape index (κ3) is 3.88. The van der Waals surface area contributed by atoms with E-state index in [9.17, 15) is 14.7 Å². The maximum atomic E-state index is 13.2. The van der Waals surface area contributed by atoms with Crippen LogP contribution >= 0.6 is 0 Å². The van der Waals surface area contributed by atoms with E-state index in [1.807, 2.05) is 18.2 Å². The molecule has 2 atom stereocenters. The third-order valence-corrected chi connectivity index (χ3v) is 7.47. The number of hydrazone groups is 1. The van der Waals surface area contributed by atoms with Crippen molar-refractivity contribution in [3.63, 3.8) is 0 Å². The van der Waals surface area contributed by atoms with E-state index in [1.54, 1.807) is 30.3 Å². The molecule has 3 aromatic carbocycles. The average Bonchev–Trinajstić information content (AvgIpc) is 3.24. The van der Waals surface area contributed by atoms with Crippen molar-refractivity contribution in [3.8, 4) is 0 Å². The van der Waals surface area contributed by atoms with Gasteiger partial charge in [-0.2, -0.15) is 10.1 Å². The van der Waals surface area contributed by atoms with Gasteiger partial charge in [-0.25, -0.2) is 4.79 Å². The van der Waals surface area contributed by atoms with E-state index in [0.29, 0.717) is 17.6 Å². The van der Waals surface area contributed by atoms with Gasteiger partial charge in [-0.15, -0.1) is 0 Å². The lowest BCUT2D eigenvalue weighted by atomic mass is 9.76. The molecular weight excluding hydrogens is 450 g/mol. The Kier molecular flexibility index (Phi) is 5.64. The van der Waals surface area contributed by atoms with Crippen LogP contribution in [0.3, 0.4) is 0 Å². The van der Waals surface area contributed by atoms with Gasteiger partial charge < -0.3 is 10.0 Å². The summed E-state index contributed by atoms with van der Waals surface area (Å²) in [7, 11) is 0. The predicted octanol–water partition coefficient (Wildman–Crippen LogP) is 5.81. The lowest BCUT2D eigenvalue weighted by Gasteiger charge is -2.46. The molecule has 0 spiro atoms. The van der Waals surface area contributed by atoms with Crippen molar-refractivity contribution >= 4 is 40.7 Å². The number of carbonyl (C=O) groups excluding carboxylic acids is 1. The molecule has 0 bridgehead atoms. The van der Waals surface area contributed by atoms with E-state index < -0.39 is 11.9 Å². The van der Waals surface area contributed by atoms with Gasteiger partial charge in [0.25, 0.3) is 5.91 Å².